The normalized spacial score (nSPS) is 42.8. The number of halogens is 2. The predicted molar refractivity (Wildman–Crippen MR) is 71.4 cm³/mol. The van der Waals surface area contributed by atoms with Gasteiger partial charge in [0.2, 0.25) is 0 Å². The molecule has 0 spiro atoms. The van der Waals surface area contributed by atoms with Crippen LogP contribution in [0.5, 0.6) is 0 Å². The molecule has 0 unspecified atom stereocenters. The molecule has 2 rings (SSSR count). The summed E-state index contributed by atoms with van der Waals surface area (Å²) in [5.41, 5.74) is 0. The van der Waals surface area contributed by atoms with Gasteiger partial charge in [0, 0.05) is 21.3 Å². The number of hydrogen-bond donors (Lipinski definition) is 0. The van der Waals surface area contributed by atoms with Crippen molar-refractivity contribution in [2.75, 3.05) is 0 Å². The SMILES string of the molecule is ClC1CCC(SC2CCC(Cl)CC2)CC1. The topological polar surface area (TPSA) is 0 Å². The van der Waals surface area contributed by atoms with Gasteiger partial charge < -0.3 is 0 Å². The van der Waals surface area contributed by atoms with Gasteiger partial charge in [0.05, 0.1) is 0 Å². The van der Waals surface area contributed by atoms with Crippen LogP contribution in [-0.2, 0) is 0 Å². The highest BCUT2D eigenvalue weighted by Gasteiger charge is 2.25. The molecule has 0 radical (unpaired) electrons. The first-order valence-corrected chi connectivity index (χ1v) is 7.99. The van der Waals surface area contributed by atoms with Crippen LogP contribution in [0.3, 0.4) is 0 Å². The maximum Gasteiger partial charge on any atom is 0.0336 e. The van der Waals surface area contributed by atoms with Crippen LogP contribution in [0.1, 0.15) is 51.4 Å². The third-order valence-corrected chi connectivity index (χ3v) is 6.18. The summed E-state index contributed by atoms with van der Waals surface area (Å²) in [5.74, 6) is 0. The molecule has 0 bridgehead atoms. The predicted octanol–water partition coefficient (Wildman–Crippen LogP) is 4.82. The van der Waals surface area contributed by atoms with E-state index in [1.165, 1.54) is 51.4 Å². The molecule has 2 aliphatic carbocycles. The second-order valence-corrected chi connectivity index (χ2v) is 7.72. The molecule has 0 amide bonds. The maximum absolute atomic E-state index is 6.12. The Bertz CT molecular complexity index is 162. The lowest BCUT2D eigenvalue weighted by molar-refractivity contribution is 0.501. The van der Waals surface area contributed by atoms with E-state index in [2.05, 4.69) is 11.8 Å². The van der Waals surface area contributed by atoms with Gasteiger partial charge >= 0.3 is 0 Å². The fourth-order valence-electron chi connectivity index (χ4n) is 2.59. The first-order chi connectivity index (χ1) is 7.24. The van der Waals surface area contributed by atoms with Gasteiger partial charge in [-0.2, -0.15) is 11.8 Å². The van der Waals surface area contributed by atoms with Crippen LogP contribution < -0.4 is 0 Å². The van der Waals surface area contributed by atoms with Gasteiger partial charge in [0.25, 0.3) is 0 Å². The van der Waals surface area contributed by atoms with E-state index in [1.54, 1.807) is 0 Å². The van der Waals surface area contributed by atoms with E-state index in [9.17, 15) is 0 Å². The third kappa shape index (κ3) is 4.02. The highest BCUT2D eigenvalue weighted by atomic mass is 35.5. The van der Waals surface area contributed by atoms with E-state index in [-0.39, 0.29) is 0 Å². The largest absolute Gasteiger partial charge is 0.155 e. The molecule has 0 nitrogen and oxygen atoms in total. The van der Waals surface area contributed by atoms with Crippen molar-refractivity contribution in [1.82, 2.24) is 0 Å². The molecule has 0 aromatic heterocycles. The van der Waals surface area contributed by atoms with Crippen molar-refractivity contribution in [2.45, 2.75) is 72.6 Å². The minimum atomic E-state index is 0.459. The van der Waals surface area contributed by atoms with Crippen LogP contribution in [0.2, 0.25) is 0 Å². The summed E-state index contributed by atoms with van der Waals surface area (Å²) in [6, 6.07) is 0. The van der Waals surface area contributed by atoms with Crippen LogP contribution in [0.25, 0.3) is 0 Å². The molecule has 0 N–H and O–H groups in total. The van der Waals surface area contributed by atoms with Gasteiger partial charge in [0.15, 0.2) is 0 Å². The Labute approximate surface area is 107 Å². The summed E-state index contributed by atoms with van der Waals surface area (Å²) < 4.78 is 0. The third-order valence-electron chi connectivity index (χ3n) is 3.59. The number of hydrogen-bond acceptors (Lipinski definition) is 1. The zero-order valence-corrected chi connectivity index (χ0v) is 11.5. The molecule has 2 saturated carbocycles. The van der Waals surface area contributed by atoms with E-state index in [0.717, 1.165) is 10.5 Å². The minimum Gasteiger partial charge on any atom is -0.155 e. The number of thioether (sulfide) groups is 1. The first-order valence-electron chi connectivity index (χ1n) is 6.17. The van der Waals surface area contributed by atoms with Gasteiger partial charge in [-0.25, -0.2) is 0 Å². The van der Waals surface area contributed by atoms with Crippen molar-refractivity contribution in [2.24, 2.45) is 0 Å². The molecule has 2 aliphatic rings. The van der Waals surface area contributed by atoms with Crippen molar-refractivity contribution in [1.29, 1.82) is 0 Å². The number of alkyl halides is 2. The second kappa shape index (κ2) is 6.02. The highest BCUT2D eigenvalue weighted by Crippen LogP contribution is 2.38. The molecule has 0 atom stereocenters. The van der Waals surface area contributed by atoms with Crippen molar-refractivity contribution >= 4 is 35.0 Å². The molecule has 0 aromatic carbocycles. The Morgan fingerprint density at radius 3 is 1.27 bits per heavy atom. The molecule has 15 heavy (non-hydrogen) atoms. The molecule has 0 heterocycles. The average molecular weight is 267 g/mol. The quantitative estimate of drug-likeness (QED) is 0.646. The summed E-state index contributed by atoms with van der Waals surface area (Å²) in [5, 5.41) is 2.69. The van der Waals surface area contributed by atoms with E-state index in [4.69, 9.17) is 23.2 Å². The Kier molecular flexibility index (Phi) is 4.98. The summed E-state index contributed by atoms with van der Waals surface area (Å²) >= 11 is 14.5. The Morgan fingerprint density at radius 2 is 0.933 bits per heavy atom. The average Bonchev–Trinajstić information content (AvgIpc) is 2.25. The first kappa shape index (κ1) is 12.4. The summed E-state index contributed by atoms with van der Waals surface area (Å²) in [7, 11) is 0. The summed E-state index contributed by atoms with van der Waals surface area (Å²) in [6.07, 6.45) is 10.2. The molecular weight excluding hydrogens is 247 g/mol. The zero-order valence-electron chi connectivity index (χ0n) is 9.13. The molecule has 0 saturated heterocycles. The molecule has 0 aromatic rings. The van der Waals surface area contributed by atoms with E-state index in [1.807, 2.05) is 0 Å². The molecule has 88 valence electrons. The lowest BCUT2D eigenvalue weighted by Gasteiger charge is -2.31. The smallest absolute Gasteiger partial charge is 0.0336 e. The van der Waals surface area contributed by atoms with Gasteiger partial charge in [-0.1, -0.05) is 0 Å². The van der Waals surface area contributed by atoms with Crippen molar-refractivity contribution in [3.05, 3.63) is 0 Å². The van der Waals surface area contributed by atoms with Crippen molar-refractivity contribution in [3.63, 3.8) is 0 Å². The van der Waals surface area contributed by atoms with Crippen LogP contribution >= 0.6 is 35.0 Å². The highest BCUT2D eigenvalue weighted by molar-refractivity contribution is 8.00. The Balaban J connectivity index is 1.68. The standard InChI is InChI=1S/C12H20Cl2S/c13-9-1-5-11(6-2-9)15-12-7-3-10(14)4-8-12/h9-12H,1-8H2. The van der Waals surface area contributed by atoms with Crippen LogP contribution in [-0.4, -0.2) is 21.3 Å². The maximum atomic E-state index is 6.12. The van der Waals surface area contributed by atoms with Crippen LogP contribution in [0, 0.1) is 0 Å². The van der Waals surface area contributed by atoms with Gasteiger partial charge in [-0.05, 0) is 51.4 Å². The van der Waals surface area contributed by atoms with Gasteiger partial charge in [-0.15, -0.1) is 23.2 Å². The molecule has 0 aliphatic heterocycles. The monoisotopic (exact) mass is 266 g/mol. The molecule has 3 heteroatoms. The summed E-state index contributed by atoms with van der Waals surface area (Å²) in [6.45, 7) is 0. The zero-order chi connectivity index (χ0) is 10.7. The second-order valence-electron chi connectivity index (χ2n) is 4.88. The molecule has 2 fully saturated rings. The van der Waals surface area contributed by atoms with Crippen LogP contribution in [0.15, 0.2) is 0 Å². The minimum absolute atomic E-state index is 0.459. The van der Waals surface area contributed by atoms with Crippen molar-refractivity contribution in [3.8, 4) is 0 Å². The van der Waals surface area contributed by atoms with Crippen molar-refractivity contribution < 1.29 is 0 Å². The van der Waals surface area contributed by atoms with E-state index < -0.39 is 0 Å². The molecular formula is C12H20Cl2S. The van der Waals surface area contributed by atoms with E-state index in [0.29, 0.717) is 10.8 Å². The van der Waals surface area contributed by atoms with Gasteiger partial charge in [-0.3, -0.25) is 0 Å². The van der Waals surface area contributed by atoms with Gasteiger partial charge in [0.1, 0.15) is 0 Å². The summed E-state index contributed by atoms with van der Waals surface area (Å²) in [4.78, 5) is 0. The fourth-order valence-corrected chi connectivity index (χ4v) is 4.73. The Morgan fingerprint density at radius 1 is 0.600 bits per heavy atom. The van der Waals surface area contributed by atoms with Crippen LogP contribution in [0.4, 0.5) is 0 Å². The number of rotatable bonds is 2. The lowest BCUT2D eigenvalue weighted by atomic mass is 9.99. The fraction of sp³-hybridized carbons (Fsp3) is 1.00. The van der Waals surface area contributed by atoms with E-state index >= 15 is 0 Å². The Hall–Kier alpha value is 0.930. The lowest BCUT2D eigenvalue weighted by Crippen LogP contribution is -2.22.